The maximum absolute atomic E-state index is 5.70. The van der Waals surface area contributed by atoms with Gasteiger partial charge in [0, 0.05) is 0 Å². The van der Waals surface area contributed by atoms with Crippen LogP contribution in [0, 0.1) is 0 Å². The van der Waals surface area contributed by atoms with E-state index in [0.717, 1.165) is 4.48 Å². The minimum Gasteiger partial charge on any atom is -1.00 e. The van der Waals surface area contributed by atoms with Gasteiger partial charge in [-0.05, 0) is 0 Å². The van der Waals surface area contributed by atoms with E-state index < -0.39 is 0 Å². The van der Waals surface area contributed by atoms with E-state index in [2.05, 4.69) is 0 Å². The van der Waals surface area contributed by atoms with Crippen LogP contribution in [0.1, 0.15) is 0 Å². The lowest BCUT2D eigenvalue weighted by atomic mass is 10.5. The van der Waals surface area contributed by atoms with Crippen LogP contribution >= 0.6 is 34.8 Å². The molecule has 0 spiro atoms. The third-order valence-corrected chi connectivity index (χ3v) is 1.78. The summed E-state index contributed by atoms with van der Waals surface area (Å²) < 4.78 is 0.886. The van der Waals surface area contributed by atoms with Crippen molar-refractivity contribution in [1.82, 2.24) is 0 Å². The lowest BCUT2D eigenvalue weighted by Gasteiger charge is -2.23. The molecule has 0 aliphatic carbocycles. The Balaban J connectivity index is 0. The first-order chi connectivity index (χ1) is 4.33. The third-order valence-electron chi connectivity index (χ3n) is 0.818. The first-order valence-corrected chi connectivity index (χ1v) is 3.96. The number of rotatable bonds is 2. The van der Waals surface area contributed by atoms with Crippen molar-refractivity contribution in [1.29, 1.82) is 0 Å². The molecule has 0 N–H and O–H groups in total. The van der Waals surface area contributed by atoms with Gasteiger partial charge < -0.3 is 16.9 Å². The van der Waals surface area contributed by atoms with Crippen LogP contribution in [0.15, 0.2) is 9.52 Å². The molecular weight excluding hydrogens is 228 g/mol. The van der Waals surface area contributed by atoms with Crippen LogP contribution in [0.2, 0.25) is 0 Å². The van der Waals surface area contributed by atoms with Gasteiger partial charge in [0.05, 0.1) is 21.1 Å². The molecule has 0 aromatic rings. The zero-order valence-corrected chi connectivity index (χ0v) is 9.69. The SMILES string of the molecule is C[N+](C)(C)CC(Cl)=C(Cl)Cl.[Cl-]. The molecular formula is C6H11Cl4N. The second kappa shape index (κ2) is 5.50. The Hall–Kier alpha value is 0.860. The van der Waals surface area contributed by atoms with Gasteiger partial charge in [-0.25, -0.2) is 0 Å². The molecule has 0 aromatic heterocycles. The average molecular weight is 239 g/mol. The summed E-state index contributed by atoms with van der Waals surface area (Å²) >= 11 is 16.6. The van der Waals surface area contributed by atoms with Gasteiger partial charge in [-0.1, -0.05) is 34.8 Å². The number of quaternary nitrogens is 1. The predicted molar refractivity (Wildman–Crippen MR) is 47.5 cm³/mol. The smallest absolute Gasteiger partial charge is 0.127 e. The van der Waals surface area contributed by atoms with Crippen LogP contribution in [-0.4, -0.2) is 32.2 Å². The molecule has 5 heteroatoms. The van der Waals surface area contributed by atoms with Crippen molar-refractivity contribution in [3.05, 3.63) is 9.52 Å². The minimum absolute atomic E-state index is 0. The molecule has 1 nitrogen and oxygen atoms in total. The van der Waals surface area contributed by atoms with Gasteiger partial charge in [0.15, 0.2) is 0 Å². The summed E-state index contributed by atoms with van der Waals surface area (Å²) in [4.78, 5) is 0. The molecule has 0 unspecified atom stereocenters. The number of likely N-dealkylation sites (N-methyl/N-ethyl adjacent to an activating group) is 1. The van der Waals surface area contributed by atoms with E-state index in [-0.39, 0.29) is 16.9 Å². The van der Waals surface area contributed by atoms with Crippen molar-refractivity contribution >= 4 is 34.8 Å². The molecule has 0 saturated carbocycles. The minimum atomic E-state index is 0. The van der Waals surface area contributed by atoms with Gasteiger partial charge in [-0.15, -0.1) is 0 Å². The second-order valence-electron chi connectivity index (χ2n) is 3.11. The lowest BCUT2D eigenvalue weighted by molar-refractivity contribution is -0.864. The van der Waals surface area contributed by atoms with Crippen LogP contribution in [-0.2, 0) is 0 Å². The van der Waals surface area contributed by atoms with E-state index in [9.17, 15) is 0 Å². The van der Waals surface area contributed by atoms with E-state index >= 15 is 0 Å². The zero-order chi connectivity index (χ0) is 8.36. The molecule has 0 aliphatic heterocycles. The second-order valence-corrected chi connectivity index (χ2v) is 4.52. The fourth-order valence-corrected chi connectivity index (χ4v) is 0.954. The van der Waals surface area contributed by atoms with E-state index in [0.29, 0.717) is 11.6 Å². The Morgan fingerprint density at radius 1 is 1.09 bits per heavy atom. The number of nitrogens with zero attached hydrogens (tertiary/aromatic N) is 1. The van der Waals surface area contributed by atoms with Gasteiger partial charge in [-0.2, -0.15) is 0 Å². The first-order valence-electron chi connectivity index (χ1n) is 2.83. The molecule has 11 heavy (non-hydrogen) atoms. The maximum Gasteiger partial charge on any atom is 0.127 e. The van der Waals surface area contributed by atoms with Gasteiger partial charge in [0.25, 0.3) is 0 Å². The largest absolute Gasteiger partial charge is 1.00 e. The highest BCUT2D eigenvalue weighted by atomic mass is 35.5. The summed E-state index contributed by atoms with van der Waals surface area (Å²) in [6.45, 7) is 0.657. The predicted octanol–water partition coefficient (Wildman–Crippen LogP) is -0.418. The maximum atomic E-state index is 5.70. The van der Waals surface area contributed by atoms with Crippen molar-refractivity contribution in [2.75, 3.05) is 27.7 Å². The fourth-order valence-electron chi connectivity index (χ4n) is 0.476. The quantitative estimate of drug-likeness (QED) is 0.574. The molecule has 0 aliphatic rings. The highest BCUT2D eigenvalue weighted by Gasteiger charge is 2.11. The molecule has 0 bridgehead atoms. The molecule has 0 saturated heterocycles. The van der Waals surface area contributed by atoms with Gasteiger partial charge in [-0.3, -0.25) is 0 Å². The summed E-state index contributed by atoms with van der Waals surface area (Å²) in [7, 11) is 6.04. The molecule has 0 fully saturated rings. The van der Waals surface area contributed by atoms with Crippen molar-refractivity contribution in [2.45, 2.75) is 0 Å². The topological polar surface area (TPSA) is 0 Å². The lowest BCUT2D eigenvalue weighted by Crippen LogP contribution is -3.00. The highest BCUT2D eigenvalue weighted by Crippen LogP contribution is 2.19. The normalized spacial score (nSPS) is 10.4. The molecule has 0 atom stereocenters. The summed E-state index contributed by atoms with van der Waals surface area (Å²) in [5, 5.41) is 0.510. The van der Waals surface area contributed by atoms with E-state index in [1.54, 1.807) is 0 Å². The van der Waals surface area contributed by atoms with E-state index in [4.69, 9.17) is 34.8 Å². The van der Waals surface area contributed by atoms with Crippen molar-refractivity contribution < 1.29 is 16.9 Å². The molecule has 0 rings (SSSR count). The van der Waals surface area contributed by atoms with E-state index in [1.165, 1.54) is 0 Å². The van der Waals surface area contributed by atoms with Crippen LogP contribution in [0.3, 0.4) is 0 Å². The van der Waals surface area contributed by atoms with Crippen molar-refractivity contribution in [2.24, 2.45) is 0 Å². The van der Waals surface area contributed by atoms with E-state index in [1.807, 2.05) is 21.1 Å². The van der Waals surface area contributed by atoms with Crippen molar-refractivity contribution in [3.8, 4) is 0 Å². The van der Waals surface area contributed by atoms with Gasteiger partial charge >= 0.3 is 0 Å². The summed E-state index contributed by atoms with van der Waals surface area (Å²) in [6, 6.07) is 0. The number of hydrogen-bond acceptors (Lipinski definition) is 0. The number of halogens is 4. The standard InChI is InChI=1S/C6H11Cl3N.ClH/c1-10(2,3)4-5(7)6(8)9;/h4H2,1-3H3;1H/q+1;/p-1. The Bertz CT molecular complexity index is 143. The Morgan fingerprint density at radius 3 is 1.55 bits per heavy atom. The monoisotopic (exact) mass is 237 g/mol. The highest BCUT2D eigenvalue weighted by molar-refractivity contribution is 6.59. The Labute approximate surface area is 88.9 Å². The molecule has 0 heterocycles. The zero-order valence-electron chi connectivity index (χ0n) is 6.67. The Morgan fingerprint density at radius 2 is 1.45 bits per heavy atom. The van der Waals surface area contributed by atoms with Crippen LogP contribution in [0.4, 0.5) is 0 Å². The number of hydrogen-bond donors (Lipinski definition) is 0. The summed E-state index contributed by atoms with van der Waals surface area (Å²) in [5.74, 6) is 0. The summed E-state index contributed by atoms with van der Waals surface area (Å²) in [6.07, 6.45) is 0. The molecule has 0 radical (unpaired) electrons. The molecule has 0 aromatic carbocycles. The third kappa shape index (κ3) is 8.77. The van der Waals surface area contributed by atoms with Crippen molar-refractivity contribution in [3.63, 3.8) is 0 Å². The Kier molecular flexibility index (Phi) is 7.19. The average Bonchev–Trinajstić information content (AvgIpc) is 1.60. The molecule has 68 valence electrons. The van der Waals surface area contributed by atoms with Crippen LogP contribution in [0.25, 0.3) is 0 Å². The summed E-state index contributed by atoms with van der Waals surface area (Å²) in [5.41, 5.74) is 0. The van der Waals surface area contributed by atoms with Gasteiger partial charge in [0.2, 0.25) is 0 Å². The first kappa shape index (κ1) is 14.4. The van der Waals surface area contributed by atoms with Crippen LogP contribution < -0.4 is 12.4 Å². The van der Waals surface area contributed by atoms with Gasteiger partial charge in [0.1, 0.15) is 16.1 Å². The fraction of sp³-hybridized carbons (Fsp3) is 0.667. The molecule has 0 amide bonds. The van der Waals surface area contributed by atoms with Crippen LogP contribution in [0.5, 0.6) is 0 Å².